The van der Waals surface area contributed by atoms with Crippen LogP contribution in [0.5, 0.6) is 5.75 Å². The SMILES string of the molecule is CCCNC(=S)N(CCCN1CCOCC1)Cc1cc2ccc(OC)cc2[nH]c1=O. The Morgan fingerprint density at radius 1 is 1.33 bits per heavy atom. The Hall–Kier alpha value is -2.16. The predicted octanol–water partition coefficient (Wildman–Crippen LogP) is 2.35. The fourth-order valence-corrected chi connectivity index (χ4v) is 3.84. The van der Waals surface area contributed by atoms with Crippen molar-refractivity contribution in [2.75, 3.05) is 53.0 Å². The second-order valence-corrected chi connectivity index (χ2v) is 7.92. The van der Waals surface area contributed by atoms with Gasteiger partial charge in [-0.2, -0.15) is 0 Å². The molecule has 30 heavy (non-hydrogen) atoms. The van der Waals surface area contributed by atoms with Crippen molar-refractivity contribution in [1.29, 1.82) is 0 Å². The lowest BCUT2D eigenvalue weighted by Crippen LogP contribution is -2.43. The Balaban J connectivity index is 1.71. The van der Waals surface area contributed by atoms with E-state index in [-0.39, 0.29) is 5.56 Å². The molecule has 1 saturated heterocycles. The zero-order valence-electron chi connectivity index (χ0n) is 17.9. The van der Waals surface area contributed by atoms with E-state index in [4.69, 9.17) is 21.7 Å². The van der Waals surface area contributed by atoms with Crippen molar-refractivity contribution < 1.29 is 9.47 Å². The number of nitrogens with one attached hydrogen (secondary N) is 2. The number of aromatic amines is 1. The maximum Gasteiger partial charge on any atom is 0.253 e. The van der Waals surface area contributed by atoms with E-state index in [1.54, 1.807) is 7.11 Å². The summed E-state index contributed by atoms with van der Waals surface area (Å²) in [6.45, 7) is 8.79. The molecule has 3 rings (SSSR count). The van der Waals surface area contributed by atoms with E-state index in [9.17, 15) is 4.79 Å². The van der Waals surface area contributed by atoms with Crippen LogP contribution in [0, 0.1) is 0 Å². The molecule has 2 N–H and O–H groups in total. The van der Waals surface area contributed by atoms with E-state index in [0.29, 0.717) is 17.2 Å². The van der Waals surface area contributed by atoms with Gasteiger partial charge in [0.15, 0.2) is 5.11 Å². The van der Waals surface area contributed by atoms with E-state index in [1.807, 2.05) is 24.3 Å². The van der Waals surface area contributed by atoms with Crippen LogP contribution in [-0.4, -0.2) is 72.9 Å². The van der Waals surface area contributed by atoms with Crippen molar-refractivity contribution in [3.8, 4) is 5.75 Å². The Bertz CT molecular complexity index is 896. The Morgan fingerprint density at radius 2 is 2.13 bits per heavy atom. The van der Waals surface area contributed by atoms with E-state index in [2.05, 4.69) is 27.0 Å². The summed E-state index contributed by atoms with van der Waals surface area (Å²) in [6, 6.07) is 7.65. The van der Waals surface area contributed by atoms with Crippen LogP contribution in [0.25, 0.3) is 10.9 Å². The summed E-state index contributed by atoms with van der Waals surface area (Å²) in [6.07, 6.45) is 1.98. The molecule has 0 spiro atoms. The Labute approximate surface area is 183 Å². The van der Waals surface area contributed by atoms with Gasteiger partial charge < -0.3 is 24.7 Å². The van der Waals surface area contributed by atoms with Gasteiger partial charge in [-0.05, 0) is 48.6 Å². The second-order valence-electron chi connectivity index (χ2n) is 7.54. The number of rotatable bonds is 9. The molecule has 0 atom stereocenters. The largest absolute Gasteiger partial charge is 0.497 e. The highest BCUT2D eigenvalue weighted by Crippen LogP contribution is 2.19. The summed E-state index contributed by atoms with van der Waals surface area (Å²) >= 11 is 5.63. The van der Waals surface area contributed by atoms with E-state index in [0.717, 1.165) is 75.4 Å². The molecular weight excluding hydrogens is 400 g/mol. The molecule has 2 heterocycles. The number of pyridine rings is 1. The summed E-state index contributed by atoms with van der Waals surface area (Å²) in [7, 11) is 1.62. The van der Waals surface area contributed by atoms with Gasteiger partial charge >= 0.3 is 0 Å². The Kier molecular flexibility index (Phi) is 8.48. The zero-order chi connectivity index (χ0) is 21.3. The monoisotopic (exact) mass is 432 g/mol. The van der Waals surface area contributed by atoms with Crippen LogP contribution < -0.4 is 15.6 Å². The number of thiocarbonyl (C=S) groups is 1. The highest BCUT2D eigenvalue weighted by Gasteiger charge is 2.15. The molecule has 1 aromatic carbocycles. The van der Waals surface area contributed by atoms with Crippen molar-refractivity contribution in [2.24, 2.45) is 0 Å². The number of morpholine rings is 1. The van der Waals surface area contributed by atoms with Gasteiger partial charge in [0.2, 0.25) is 0 Å². The summed E-state index contributed by atoms with van der Waals surface area (Å²) in [5.41, 5.74) is 1.39. The molecule has 0 aliphatic carbocycles. The van der Waals surface area contributed by atoms with Gasteiger partial charge in [0, 0.05) is 44.4 Å². The quantitative estimate of drug-likeness (QED) is 0.590. The molecule has 8 heteroatoms. The van der Waals surface area contributed by atoms with Crippen LogP contribution in [0.4, 0.5) is 0 Å². The molecule has 164 valence electrons. The lowest BCUT2D eigenvalue weighted by Gasteiger charge is -2.29. The predicted molar refractivity (Wildman–Crippen MR) is 124 cm³/mol. The second kappa shape index (κ2) is 11.3. The molecule has 1 fully saturated rings. The minimum atomic E-state index is -0.0905. The van der Waals surface area contributed by atoms with Crippen molar-refractivity contribution in [3.63, 3.8) is 0 Å². The minimum Gasteiger partial charge on any atom is -0.497 e. The smallest absolute Gasteiger partial charge is 0.253 e. The highest BCUT2D eigenvalue weighted by molar-refractivity contribution is 7.80. The third-order valence-corrected chi connectivity index (χ3v) is 5.71. The normalized spacial score (nSPS) is 14.6. The number of methoxy groups -OCH3 is 1. The number of H-pyrrole nitrogens is 1. The number of aromatic nitrogens is 1. The number of fused-ring (bicyclic) bond motifs is 1. The third-order valence-electron chi connectivity index (χ3n) is 5.31. The maximum atomic E-state index is 12.7. The molecule has 0 unspecified atom stereocenters. The topological polar surface area (TPSA) is 69.8 Å². The van der Waals surface area contributed by atoms with Gasteiger partial charge in [0.1, 0.15) is 5.75 Å². The average Bonchev–Trinajstić information content (AvgIpc) is 2.77. The first-order valence-corrected chi connectivity index (χ1v) is 11.0. The summed E-state index contributed by atoms with van der Waals surface area (Å²) in [5, 5.41) is 4.99. The van der Waals surface area contributed by atoms with Gasteiger partial charge in [-0.1, -0.05) is 6.92 Å². The fraction of sp³-hybridized carbons (Fsp3) is 0.545. The number of benzene rings is 1. The van der Waals surface area contributed by atoms with Crippen LogP contribution in [0.1, 0.15) is 25.3 Å². The minimum absolute atomic E-state index is 0.0905. The van der Waals surface area contributed by atoms with Gasteiger partial charge in [0.05, 0.1) is 32.4 Å². The molecule has 0 amide bonds. The average molecular weight is 433 g/mol. The standard InChI is InChI=1S/C22H32N4O3S/c1-3-7-23-22(30)26(9-4-8-25-10-12-29-13-11-25)16-18-14-17-5-6-19(28-2)15-20(17)24-21(18)27/h5-6,14-15H,3-4,7-13,16H2,1-2H3,(H,23,30)(H,24,27). The summed E-state index contributed by atoms with van der Waals surface area (Å²) in [5.74, 6) is 0.723. The van der Waals surface area contributed by atoms with E-state index < -0.39 is 0 Å². The number of hydrogen-bond donors (Lipinski definition) is 2. The van der Waals surface area contributed by atoms with Gasteiger partial charge in [-0.15, -0.1) is 0 Å². The maximum absolute atomic E-state index is 12.7. The molecule has 7 nitrogen and oxygen atoms in total. The first-order valence-electron chi connectivity index (χ1n) is 10.6. The van der Waals surface area contributed by atoms with Crippen molar-refractivity contribution in [1.82, 2.24) is 20.1 Å². The molecule has 1 aromatic heterocycles. The van der Waals surface area contributed by atoms with Crippen molar-refractivity contribution in [2.45, 2.75) is 26.3 Å². The molecule has 0 saturated carbocycles. The number of nitrogens with zero attached hydrogens (tertiary/aromatic N) is 2. The van der Waals surface area contributed by atoms with Crippen LogP contribution in [-0.2, 0) is 11.3 Å². The van der Waals surface area contributed by atoms with Crippen LogP contribution in [0.2, 0.25) is 0 Å². The first-order chi connectivity index (χ1) is 14.6. The van der Waals surface area contributed by atoms with Gasteiger partial charge in [-0.25, -0.2) is 0 Å². The number of hydrogen-bond acceptors (Lipinski definition) is 5. The third kappa shape index (κ3) is 6.17. The first kappa shape index (κ1) is 22.5. The molecule has 1 aliphatic rings. The van der Waals surface area contributed by atoms with Crippen LogP contribution in [0.15, 0.2) is 29.1 Å². The lowest BCUT2D eigenvalue weighted by molar-refractivity contribution is 0.0367. The fourth-order valence-electron chi connectivity index (χ4n) is 3.58. The van der Waals surface area contributed by atoms with Crippen molar-refractivity contribution >= 4 is 28.2 Å². The van der Waals surface area contributed by atoms with Crippen LogP contribution >= 0.6 is 12.2 Å². The summed E-state index contributed by atoms with van der Waals surface area (Å²) < 4.78 is 10.7. The number of ether oxygens (including phenoxy) is 2. The van der Waals surface area contributed by atoms with Gasteiger partial charge in [0.25, 0.3) is 5.56 Å². The molecule has 2 aromatic rings. The highest BCUT2D eigenvalue weighted by atomic mass is 32.1. The lowest BCUT2D eigenvalue weighted by atomic mass is 10.1. The zero-order valence-corrected chi connectivity index (χ0v) is 18.7. The summed E-state index contributed by atoms with van der Waals surface area (Å²) in [4.78, 5) is 20.2. The molecule has 1 aliphatic heterocycles. The van der Waals surface area contributed by atoms with E-state index in [1.165, 1.54) is 0 Å². The van der Waals surface area contributed by atoms with Crippen LogP contribution in [0.3, 0.4) is 0 Å². The molecule has 0 radical (unpaired) electrons. The van der Waals surface area contributed by atoms with Crippen molar-refractivity contribution in [3.05, 3.63) is 40.2 Å². The van der Waals surface area contributed by atoms with E-state index >= 15 is 0 Å². The molecule has 0 bridgehead atoms. The van der Waals surface area contributed by atoms with Gasteiger partial charge in [-0.3, -0.25) is 9.69 Å². The Morgan fingerprint density at radius 3 is 2.87 bits per heavy atom. The molecular formula is C22H32N4O3S.